The monoisotopic (exact) mass is 325 g/mol. The first-order valence-electron chi connectivity index (χ1n) is 9.53. The van der Waals surface area contributed by atoms with Crippen LogP contribution in [0.15, 0.2) is 4.79 Å². The summed E-state index contributed by atoms with van der Waals surface area (Å²) in [6.07, 6.45) is 9.61. The van der Waals surface area contributed by atoms with Gasteiger partial charge >= 0.3 is 0 Å². The Morgan fingerprint density at radius 3 is 2.71 bits per heavy atom. The van der Waals surface area contributed by atoms with Crippen molar-refractivity contribution in [1.29, 1.82) is 0 Å². The molecule has 0 bridgehead atoms. The molecule has 0 unspecified atom stereocenters. The summed E-state index contributed by atoms with van der Waals surface area (Å²) >= 11 is 0. The second-order valence-electron chi connectivity index (χ2n) is 8.30. The summed E-state index contributed by atoms with van der Waals surface area (Å²) in [6.45, 7) is 1.83. The van der Waals surface area contributed by atoms with Gasteiger partial charge in [-0.1, -0.05) is 0 Å². The topological polar surface area (TPSA) is 64.2 Å². The van der Waals surface area contributed by atoms with Crippen molar-refractivity contribution in [2.24, 2.45) is 11.8 Å². The standard InChI is InChI=1S/C18H23N5O/c24-16-15-20-21-17(18(7-8-18)12-5-6-12)23(15)14-13(2-1-9-19-14)22(16)10-11-3-4-11/h11-12,19H,1-10H2. The van der Waals surface area contributed by atoms with E-state index in [1.165, 1.54) is 44.2 Å². The van der Waals surface area contributed by atoms with Crippen molar-refractivity contribution in [1.82, 2.24) is 19.2 Å². The fourth-order valence-electron chi connectivity index (χ4n) is 4.69. The summed E-state index contributed by atoms with van der Waals surface area (Å²) in [4.78, 5) is 13.1. The summed E-state index contributed by atoms with van der Waals surface area (Å²) in [5.41, 5.74) is 1.99. The number of hydrogen-bond acceptors (Lipinski definition) is 4. The number of hydrogen-bond donors (Lipinski definition) is 1. The first-order chi connectivity index (χ1) is 11.8. The molecule has 2 aromatic rings. The van der Waals surface area contributed by atoms with Crippen LogP contribution in [0.2, 0.25) is 0 Å². The zero-order valence-corrected chi connectivity index (χ0v) is 13.9. The van der Waals surface area contributed by atoms with Gasteiger partial charge in [0.2, 0.25) is 5.65 Å². The highest BCUT2D eigenvalue weighted by molar-refractivity contribution is 5.55. The highest BCUT2D eigenvalue weighted by Gasteiger charge is 2.58. The van der Waals surface area contributed by atoms with Crippen LogP contribution in [-0.4, -0.2) is 25.7 Å². The van der Waals surface area contributed by atoms with E-state index in [-0.39, 0.29) is 11.0 Å². The molecule has 3 saturated carbocycles. The van der Waals surface area contributed by atoms with Gasteiger partial charge in [-0.2, -0.15) is 0 Å². The van der Waals surface area contributed by atoms with E-state index in [9.17, 15) is 4.79 Å². The molecule has 24 heavy (non-hydrogen) atoms. The van der Waals surface area contributed by atoms with E-state index in [2.05, 4.69) is 19.9 Å². The van der Waals surface area contributed by atoms with Crippen LogP contribution in [0.5, 0.6) is 0 Å². The van der Waals surface area contributed by atoms with Crippen molar-refractivity contribution in [2.75, 3.05) is 11.9 Å². The van der Waals surface area contributed by atoms with Gasteiger partial charge in [0.15, 0.2) is 0 Å². The summed E-state index contributed by atoms with van der Waals surface area (Å²) in [6, 6.07) is 0. The third-order valence-corrected chi connectivity index (χ3v) is 6.54. The zero-order chi connectivity index (χ0) is 15.9. The van der Waals surface area contributed by atoms with Crippen molar-refractivity contribution in [2.45, 2.75) is 63.3 Å². The SMILES string of the molecule is O=c1c2nnc(C3(C4CC4)CC3)n2c2c(n1CC1CC1)CCCN2. The lowest BCUT2D eigenvalue weighted by atomic mass is 9.99. The van der Waals surface area contributed by atoms with Crippen molar-refractivity contribution in [3.8, 4) is 0 Å². The molecule has 0 amide bonds. The minimum atomic E-state index is 0.0645. The Morgan fingerprint density at radius 2 is 2.00 bits per heavy atom. The maximum Gasteiger partial charge on any atom is 0.296 e. The van der Waals surface area contributed by atoms with E-state index in [0.717, 1.165) is 43.5 Å². The van der Waals surface area contributed by atoms with E-state index in [1.54, 1.807) is 0 Å². The van der Waals surface area contributed by atoms with E-state index in [4.69, 9.17) is 0 Å². The van der Waals surface area contributed by atoms with Crippen LogP contribution in [0.1, 0.15) is 56.5 Å². The molecule has 1 N–H and O–H groups in total. The summed E-state index contributed by atoms with van der Waals surface area (Å²) in [5, 5.41) is 12.5. The third kappa shape index (κ3) is 1.74. The maximum absolute atomic E-state index is 13.1. The molecule has 3 heterocycles. The molecule has 0 saturated heterocycles. The first-order valence-corrected chi connectivity index (χ1v) is 9.53. The molecule has 4 aliphatic rings. The molecule has 6 heteroatoms. The van der Waals surface area contributed by atoms with Crippen LogP contribution < -0.4 is 10.9 Å². The maximum atomic E-state index is 13.1. The van der Waals surface area contributed by atoms with Gasteiger partial charge in [0.1, 0.15) is 11.6 Å². The van der Waals surface area contributed by atoms with Crippen LogP contribution in [-0.2, 0) is 18.4 Å². The van der Waals surface area contributed by atoms with Crippen LogP contribution in [0, 0.1) is 11.8 Å². The van der Waals surface area contributed by atoms with Crippen LogP contribution >= 0.6 is 0 Å². The Morgan fingerprint density at radius 1 is 1.17 bits per heavy atom. The molecule has 3 aliphatic carbocycles. The Labute approximate surface area is 140 Å². The number of aromatic nitrogens is 4. The minimum Gasteiger partial charge on any atom is -0.370 e. The quantitative estimate of drug-likeness (QED) is 0.935. The fourth-order valence-corrected chi connectivity index (χ4v) is 4.69. The van der Waals surface area contributed by atoms with E-state index < -0.39 is 0 Å². The number of nitrogens with zero attached hydrogens (tertiary/aromatic N) is 4. The molecular formula is C18H23N5O. The predicted octanol–water partition coefficient (Wildman–Crippen LogP) is 2.10. The van der Waals surface area contributed by atoms with Gasteiger partial charge in [0.05, 0.1) is 5.69 Å². The molecule has 126 valence electrons. The van der Waals surface area contributed by atoms with Crippen molar-refractivity contribution >= 4 is 11.5 Å². The van der Waals surface area contributed by atoms with Crippen LogP contribution in [0.25, 0.3) is 5.65 Å². The number of anilines is 1. The number of rotatable bonds is 4. The van der Waals surface area contributed by atoms with Gasteiger partial charge in [0.25, 0.3) is 5.56 Å². The lowest BCUT2D eigenvalue weighted by Crippen LogP contribution is -2.32. The van der Waals surface area contributed by atoms with Gasteiger partial charge in [0, 0.05) is 18.5 Å². The lowest BCUT2D eigenvalue weighted by molar-refractivity contribution is 0.540. The van der Waals surface area contributed by atoms with Crippen molar-refractivity contribution < 1.29 is 0 Å². The second-order valence-corrected chi connectivity index (χ2v) is 8.30. The van der Waals surface area contributed by atoms with Gasteiger partial charge in [-0.25, -0.2) is 0 Å². The molecule has 2 aromatic heterocycles. The average Bonchev–Trinajstić information content (AvgIpc) is 3.44. The second kappa shape index (κ2) is 4.41. The van der Waals surface area contributed by atoms with Crippen LogP contribution in [0.4, 0.5) is 5.82 Å². The zero-order valence-electron chi connectivity index (χ0n) is 13.9. The third-order valence-electron chi connectivity index (χ3n) is 6.54. The average molecular weight is 325 g/mol. The van der Waals surface area contributed by atoms with Gasteiger partial charge in [-0.15, -0.1) is 10.2 Å². The molecule has 1 aliphatic heterocycles. The van der Waals surface area contributed by atoms with Gasteiger partial charge in [-0.05, 0) is 63.2 Å². The smallest absolute Gasteiger partial charge is 0.296 e. The molecule has 0 radical (unpaired) electrons. The van der Waals surface area contributed by atoms with Gasteiger partial charge < -0.3 is 9.88 Å². The Kier molecular flexibility index (Phi) is 2.47. The first kappa shape index (κ1) is 13.4. The minimum absolute atomic E-state index is 0.0645. The molecule has 6 nitrogen and oxygen atoms in total. The summed E-state index contributed by atoms with van der Waals surface area (Å²) < 4.78 is 4.11. The Hall–Kier alpha value is -1.85. The van der Waals surface area contributed by atoms with E-state index in [0.29, 0.717) is 11.6 Å². The van der Waals surface area contributed by atoms with Crippen LogP contribution in [0.3, 0.4) is 0 Å². The Balaban J connectivity index is 1.62. The lowest BCUT2D eigenvalue weighted by Gasteiger charge is -2.25. The largest absolute Gasteiger partial charge is 0.370 e. The molecule has 0 atom stereocenters. The molecular weight excluding hydrogens is 302 g/mol. The highest BCUT2D eigenvalue weighted by Crippen LogP contribution is 2.61. The number of nitrogens with one attached hydrogen (secondary N) is 1. The number of fused-ring (bicyclic) bond motifs is 3. The van der Waals surface area contributed by atoms with Gasteiger partial charge in [-0.3, -0.25) is 9.20 Å². The van der Waals surface area contributed by atoms with Crippen molar-refractivity contribution in [3.05, 3.63) is 21.9 Å². The van der Waals surface area contributed by atoms with E-state index >= 15 is 0 Å². The Bertz CT molecular complexity index is 898. The highest BCUT2D eigenvalue weighted by atomic mass is 16.1. The molecule has 3 fully saturated rings. The normalized spacial score (nSPS) is 24.7. The fraction of sp³-hybridized carbons (Fsp3) is 0.722. The summed E-state index contributed by atoms with van der Waals surface area (Å²) in [5.74, 6) is 3.60. The van der Waals surface area contributed by atoms with E-state index in [1.807, 2.05) is 4.57 Å². The predicted molar refractivity (Wildman–Crippen MR) is 90.4 cm³/mol. The summed E-state index contributed by atoms with van der Waals surface area (Å²) in [7, 11) is 0. The molecule has 6 rings (SSSR count). The van der Waals surface area contributed by atoms with Crippen molar-refractivity contribution in [3.63, 3.8) is 0 Å². The molecule has 0 spiro atoms. The molecule has 0 aromatic carbocycles.